The smallest absolute Gasteiger partial charge is 0.493 e. The monoisotopic (exact) mass is 318 g/mol. The van der Waals surface area contributed by atoms with Gasteiger partial charge in [0.1, 0.15) is 5.75 Å². The minimum Gasteiger partial charge on any atom is -0.493 e. The molecule has 0 saturated heterocycles. The fraction of sp³-hybridized carbons (Fsp3) is 0.200. The number of hydrogen-bond acceptors (Lipinski definition) is 1. The normalized spacial score (nSPS) is 10.9. The van der Waals surface area contributed by atoms with Crippen LogP contribution in [0.3, 0.4) is 0 Å². The average molecular weight is 318 g/mol. The summed E-state index contributed by atoms with van der Waals surface area (Å²) in [6.07, 6.45) is 0.727. The van der Waals surface area contributed by atoms with Crippen molar-refractivity contribution in [1.29, 1.82) is 0 Å². The molecule has 2 rings (SSSR count). The van der Waals surface area contributed by atoms with E-state index in [0.29, 0.717) is 12.4 Å². The topological polar surface area (TPSA) is 9.23 Å². The van der Waals surface area contributed by atoms with Crippen molar-refractivity contribution >= 4 is 12.4 Å². The van der Waals surface area contributed by atoms with Gasteiger partial charge in [0, 0.05) is 6.42 Å². The molecule has 2 aromatic rings. The van der Waals surface area contributed by atoms with Gasteiger partial charge in [0.2, 0.25) is 0 Å². The van der Waals surface area contributed by atoms with Crippen molar-refractivity contribution in [1.82, 2.24) is 0 Å². The Morgan fingerprint density at radius 2 is 1.67 bits per heavy atom. The first kappa shape index (κ1) is 18.8. The van der Waals surface area contributed by atoms with Gasteiger partial charge >= 0.3 is 58.4 Å². The molecule has 0 saturated carbocycles. The largest absolute Gasteiger partial charge is 1.00 e. The summed E-state index contributed by atoms with van der Waals surface area (Å²) in [6.45, 7) is -3.06. The second-order valence-corrected chi connectivity index (χ2v) is 4.68. The van der Waals surface area contributed by atoms with Gasteiger partial charge in [0.15, 0.2) is 0 Å². The molecule has 0 unspecified atom stereocenters. The summed E-state index contributed by atoms with van der Waals surface area (Å²) in [5, 5.41) is 0. The van der Waals surface area contributed by atoms with Crippen molar-refractivity contribution in [2.75, 3.05) is 6.61 Å². The first-order valence-electron chi connectivity index (χ1n) is 6.44. The second kappa shape index (κ2) is 8.39. The number of halogens is 3. The molecule has 2 aromatic carbocycles. The van der Waals surface area contributed by atoms with Crippen LogP contribution < -0.4 is 61.6 Å². The second-order valence-electron chi connectivity index (χ2n) is 4.68. The standard InChI is InChI=1S/C15H15BF3O.K/c1-12-11-14(7-8-15(12)16(17,18)19)20-10-9-13-5-3-2-4-6-13;/h2-8,11H,9-10H2,1H3;/q-1;+1. The molecule has 0 spiro atoms. The molecule has 106 valence electrons. The molecule has 0 radical (unpaired) electrons. The third-order valence-corrected chi connectivity index (χ3v) is 3.10. The van der Waals surface area contributed by atoms with Crippen molar-refractivity contribution in [3.05, 3.63) is 59.7 Å². The van der Waals surface area contributed by atoms with E-state index in [1.165, 1.54) is 19.1 Å². The SMILES string of the molecule is Cc1cc(OCCc2ccccc2)ccc1[B-](F)(F)F.[K+]. The minimum atomic E-state index is -4.96. The van der Waals surface area contributed by atoms with Crippen LogP contribution in [0.15, 0.2) is 48.5 Å². The quantitative estimate of drug-likeness (QED) is 0.737. The molecule has 6 heteroatoms. The van der Waals surface area contributed by atoms with Gasteiger partial charge in [-0.1, -0.05) is 42.0 Å². The van der Waals surface area contributed by atoms with Crippen molar-refractivity contribution in [3.8, 4) is 5.75 Å². The summed E-state index contributed by atoms with van der Waals surface area (Å²) in [4.78, 5) is 0. The first-order chi connectivity index (χ1) is 9.47. The predicted molar refractivity (Wildman–Crippen MR) is 75.5 cm³/mol. The van der Waals surface area contributed by atoms with Crippen molar-refractivity contribution in [2.24, 2.45) is 0 Å². The Kier molecular flexibility index (Phi) is 7.50. The fourth-order valence-corrected chi connectivity index (χ4v) is 2.04. The zero-order valence-electron chi connectivity index (χ0n) is 12.2. The molecule has 21 heavy (non-hydrogen) atoms. The van der Waals surface area contributed by atoms with Gasteiger partial charge in [0.25, 0.3) is 0 Å². The molecule has 0 bridgehead atoms. The maximum Gasteiger partial charge on any atom is 1.00 e. The molecule has 0 aromatic heterocycles. The molecule has 1 nitrogen and oxygen atoms in total. The van der Waals surface area contributed by atoms with Crippen molar-refractivity contribution in [2.45, 2.75) is 13.3 Å². The van der Waals surface area contributed by atoms with Gasteiger partial charge in [-0.25, -0.2) is 0 Å². The van der Waals surface area contributed by atoms with Crippen molar-refractivity contribution in [3.63, 3.8) is 0 Å². The summed E-state index contributed by atoms with van der Waals surface area (Å²) < 4.78 is 43.5. The van der Waals surface area contributed by atoms with E-state index in [1.807, 2.05) is 30.3 Å². The Morgan fingerprint density at radius 3 is 2.24 bits per heavy atom. The molecule has 0 N–H and O–H groups in total. The summed E-state index contributed by atoms with van der Waals surface area (Å²) in [5.41, 5.74) is 0.787. The van der Waals surface area contributed by atoms with Crippen LogP contribution in [0.25, 0.3) is 0 Å². The molecular formula is C15H15BF3KO. The molecule has 0 aliphatic rings. The van der Waals surface area contributed by atoms with Crippen LogP contribution in [0.4, 0.5) is 12.9 Å². The molecule has 0 atom stereocenters. The number of benzene rings is 2. The first-order valence-corrected chi connectivity index (χ1v) is 6.44. The number of aryl methyl sites for hydroxylation is 1. The van der Waals surface area contributed by atoms with E-state index in [2.05, 4.69) is 0 Å². The average Bonchev–Trinajstić information content (AvgIpc) is 2.38. The third kappa shape index (κ3) is 5.79. The molecule has 0 fully saturated rings. The van der Waals surface area contributed by atoms with Gasteiger partial charge in [-0.05, 0) is 24.6 Å². The van der Waals surface area contributed by atoms with Crippen LogP contribution in [-0.4, -0.2) is 13.6 Å². The van der Waals surface area contributed by atoms with Crippen LogP contribution in [0.1, 0.15) is 11.1 Å². The summed E-state index contributed by atoms with van der Waals surface area (Å²) >= 11 is 0. The zero-order valence-corrected chi connectivity index (χ0v) is 15.3. The van der Waals surface area contributed by atoms with Gasteiger partial charge in [-0.15, -0.1) is 5.46 Å². The Hall–Kier alpha value is -0.269. The third-order valence-electron chi connectivity index (χ3n) is 3.10. The van der Waals surface area contributed by atoms with Crippen LogP contribution >= 0.6 is 0 Å². The van der Waals surface area contributed by atoms with E-state index in [1.54, 1.807) is 0 Å². The van der Waals surface area contributed by atoms with Gasteiger partial charge in [-0.2, -0.15) is 0 Å². The Morgan fingerprint density at radius 1 is 1.00 bits per heavy atom. The van der Waals surface area contributed by atoms with Gasteiger partial charge < -0.3 is 17.7 Å². The zero-order chi connectivity index (χ0) is 14.6. The fourth-order valence-electron chi connectivity index (χ4n) is 2.04. The number of hydrogen-bond donors (Lipinski definition) is 0. The van der Waals surface area contributed by atoms with E-state index in [9.17, 15) is 12.9 Å². The van der Waals surface area contributed by atoms with E-state index in [0.717, 1.165) is 18.1 Å². The minimum absolute atomic E-state index is 0. The maximum atomic E-state index is 12.7. The number of ether oxygens (including phenoxy) is 1. The molecular weight excluding hydrogens is 303 g/mol. The van der Waals surface area contributed by atoms with E-state index in [-0.39, 0.29) is 56.9 Å². The van der Waals surface area contributed by atoms with Crippen LogP contribution in [0, 0.1) is 6.92 Å². The Bertz CT molecular complexity index is 573. The predicted octanol–water partition coefficient (Wildman–Crippen LogP) is 0.675. The molecule has 0 amide bonds. The van der Waals surface area contributed by atoms with Crippen LogP contribution in [0.5, 0.6) is 5.75 Å². The van der Waals surface area contributed by atoms with Crippen LogP contribution in [0.2, 0.25) is 0 Å². The van der Waals surface area contributed by atoms with Crippen molar-refractivity contribution < 1.29 is 69.1 Å². The summed E-state index contributed by atoms with van der Waals surface area (Å²) in [7, 11) is 0. The molecule has 0 aliphatic heterocycles. The van der Waals surface area contributed by atoms with Gasteiger partial charge in [0.05, 0.1) is 6.61 Å². The molecule has 0 heterocycles. The van der Waals surface area contributed by atoms with E-state index in [4.69, 9.17) is 4.74 Å². The van der Waals surface area contributed by atoms with E-state index >= 15 is 0 Å². The van der Waals surface area contributed by atoms with E-state index < -0.39 is 12.4 Å². The number of rotatable bonds is 5. The summed E-state index contributed by atoms with van der Waals surface area (Å²) in [5.74, 6) is 0.474. The summed E-state index contributed by atoms with van der Waals surface area (Å²) in [6, 6.07) is 13.7. The van der Waals surface area contributed by atoms with Crippen LogP contribution in [-0.2, 0) is 6.42 Å². The maximum absolute atomic E-state index is 12.7. The Labute approximate surface area is 165 Å². The van der Waals surface area contributed by atoms with Gasteiger partial charge in [-0.3, -0.25) is 0 Å². The Balaban J connectivity index is 0.00000220. The molecule has 0 aliphatic carbocycles.